The Morgan fingerprint density at radius 2 is 1.70 bits per heavy atom. The number of halogens is 4. The molecule has 1 aromatic rings. The highest BCUT2D eigenvalue weighted by Gasteiger charge is 2.62. The molecule has 0 aromatic heterocycles. The molecule has 1 saturated heterocycles. The van der Waals surface area contributed by atoms with E-state index in [2.05, 4.69) is 10.6 Å². The average Bonchev–Trinajstić information content (AvgIpc) is 3.33. The first-order valence-electron chi connectivity index (χ1n) is 9.95. The van der Waals surface area contributed by atoms with Crippen LogP contribution in [0.15, 0.2) is 12.1 Å². The second-order valence-corrected chi connectivity index (χ2v) is 9.19. The Balaban J connectivity index is 1.65. The number of benzene rings is 1. The van der Waals surface area contributed by atoms with Crippen molar-refractivity contribution < 1.29 is 31.7 Å². The number of aryl methyl sites for hydroxylation is 1. The van der Waals surface area contributed by atoms with Gasteiger partial charge in [-0.1, -0.05) is 0 Å². The summed E-state index contributed by atoms with van der Waals surface area (Å²) in [6.07, 6.45) is -4.32. The van der Waals surface area contributed by atoms with Crippen LogP contribution >= 0.6 is 0 Å². The van der Waals surface area contributed by atoms with Crippen LogP contribution in [0.1, 0.15) is 52.5 Å². The number of amides is 2. The van der Waals surface area contributed by atoms with Crippen molar-refractivity contribution in [3.63, 3.8) is 0 Å². The van der Waals surface area contributed by atoms with Gasteiger partial charge in [-0.3, -0.25) is 0 Å². The Morgan fingerprint density at radius 3 is 2.20 bits per heavy atom. The fraction of sp³-hybridized carbons (Fsp3) is 0.650. The predicted octanol–water partition coefficient (Wildman–Crippen LogP) is 4.29. The number of nitrogens with one attached hydrogen (secondary N) is 2. The molecule has 1 heterocycles. The van der Waals surface area contributed by atoms with Crippen LogP contribution in [0.25, 0.3) is 0 Å². The highest BCUT2D eigenvalue weighted by molar-refractivity contribution is 6.62. The second-order valence-electron chi connectivity index (χ2n) is 9.19. The van der Waals surface area contributed by atoms with Crippen molar-refractivity contribution in [1.82, 2.24) is 5.32 Å². The monoisotopic (exact) mass is 430 g/mol. The summed E-state index contributed by atoms with van der Waals surface area (Å²) in [5.74, 6) is -0.656. The molecule has 0 unspecified atom stereocenters. The van der Waals surface area contributed by atoms with Gasteiger partial charge in [-0.15, -0.1) is 0 Å². The molecule has 30 heavy (non-hydrogen) atoms. The lowest BCUT2D eigenvalue weighted by molar-refractivity contribution is -0.188. The Kier molecular flexibility index (Phi) is 5.65. The van der Waals surface area contributed by atoms with Crippen LogP contribution in [0.3, 0.4) is 0 Å². The van der Waals surface area contributed by atoms with Crippen molar-refractivity contribution in [2.24, 2.45) is 5.41 Å². The molecule has 5 nitrogen and oxygen atoms in total. The van der Waals surface area contributed by atoms with E-state index in [1.54, 1.807) is 6.92 Å². The SMILES string of the molecule is Cc1cc(F)c(NC(=O)NCCC2(C(F)(F)F)CC2)cc1B1OC(C)(C)C(C)(C)O1. The maximum absolute atomic E-state index is 14.4. The Morgan fingerprint density at radius 1 is 1.13 bits per heavy atom. The molecule has 1 aromatic carbocycles. The molecule has 2 aliphatic rings. The van der Waals surface area contributed by atoms with Gasteiger partial charge in [0, 0.05) is 6.54 Å². The molecule has 0 bridgehead atoms. The Labute approximate surface area is 174 Å². The van der Waals surface area contributed by atoms with E-state index in [4.69, 9.17) is 9.31 Å². The first-order chi connectivity index (χ1) is 13.7. The maximum Gasteiger partial charge on any atom is 0.495 e. The lowest BCUT2D eigenvalue weighted by atomic mass is 9.76. The smallest absolute Gasteiger partial charge is 0.399 e. The van der Waals surface area contributed by atoms with E-state index >= 15 is 0 Å². The molecule has 2 N–H and O–H groups in total. The van der Waals surface area contributed by atoms with Gasteiger partial charge in [0.2, 0.25) is 0 Å². The normalized spacial score (nSPS) is 21.4. The van der Waals surface area contributed by atoms with E-state index < -0.39 is 41.8 Å². The molecule has 10 heteroatoms. The van der Waals surface area contributed by atoms with Crippen LogP contribution in [-0.4, -0.2) is 37.1 Å². The highest BCUT2D eigenvalue weighted by Crippen LogP contribution is 2.59. The van der Waals surface area contributed by atoms with E-state index in [0.717, 1.165) is 0 Å². The van der Waals surface area contributed by atoms with Gasteiger partial charge in [0.1, 0.15) is 5.82 Å². The van der Waals surface area contributed by atoms with Crippen LogP contribution in [0.2, 0.25) is 0 Å². The summed E-state index contributed by atoms with van der Waals surface area (Å²) in [5, 5.41) is 4.75. The van der Waals surface area contributed by atoms with Gasteiger partial charge in [0.15, 0.2) is 0 Å². The topological polar surface area (TPSA) is 59.6 Å². The summed E-state index contributed by atoms with van der Waals surface area (Å²) in [5.41, 5.74) is -1.79. The van der Waals surface area contributed by atoms with E-state index in [1.165, 1.54) is 12.1 Å². The number of anilines is 1. The number of hydrogen-bond donors (Lipinski definition) is 2. The molecule has 0 spiro atoms. The zero-order valence-electron chi connectivity index (χ0n) is 17.8. The fourth-order valence-electron chi connectivity index (χ4n) is 3.42. The number of alkyl halides is 3. The van der Waals surface area contributed by atoms with Crippen molar-refractivity contribution in [2.75, 3.05) is 11.9 Å². The molecule has 2 amide bonds. The average molecular weight is 430 g/mol. The number of hydrogen-bond acceptors (Lipinski definition) is 3. The maximum atomic E-state index is 14.4. The van der Waals surface area contributed by atoms with Crippen molar-refractivity contribution in [1.29, 1.82) is 0 Å². The van der Waals surface area contributed by atoms with Crippen LogP contribution in [0, 0.1) is 18.2 Å². The Bertz CT molecular complexity index is 822. The molecule has 0 atom stereocenters. The van der Waals surface area contributed by atoms with Crippen molar-refractivity contribution >= 4 is 24.3 Å². The van der Waals surface area contributed by atoms with Crippen molar-refractivity contribution in [3.8, 4) is 0 Å². The number of carbonyl (C=O) groups excluding carboxylic acids is 1. The third kappa shape index (κ3) is 4.30. The van der Waals surface area contributed by atoms with Gasteiger partial charge in [-0.05, 0) is 77.0 Å². The third-order valence-electron chi connectivity index (χ3n) is 6.46. The van der Waals surface area contributed by atoms with Crippen LogP contribution < -0.4 is 16.1 Å². The van der Waals surface area contributed by atoms with Gasteiger partial charge < -0.3 is 19.9 Å². The van der Waals surface area contributed by atoms with Gasteiger partial charge in [-0.2, -0.15) is 13.2 Å². The molecular formula is C20H27BF4N2O3. The summed E-state index contributed by atoms with van der Waals surface area (Å²) in [6.45, 7) is 9.14. The molecular weight excluding hydrogens is 403 g/mol. The van der Waals surface area contributed by atoms with Crippen LogP contribution in [0.5, 0.6) is 0 Å². The molecule has 1 aliphatic heterocycles. The largest absolute Gasteiger partial charge is 0.495 e. The Hall–Kier alpha value is -1.81. The summed E-state index contributed by atoms with van der Waals surface area (Å²) in [6, 6.07) is 1.93. The van der Waals surface area contributed by atoms with Crippen LogP contribution in [-0.2, 0) is 9.31 Å². The summed E-state index contributed by atoms with van der Waals surface area (Å²) in [7, 11) is -0.735. The zero-order valence-corrected chi connectivity index (χ0v) is 17.8. The lowest BCUT2D eigenvalue weighted by Gasteiger charge is -2.32. The van der Waals surface area contributed by atoms with Gasteiger partial charge in [-0.25, -0.2) is 9.18 Å². The number of rotatable bonds is 5. The lowest BCUT2D eigenvalue weighted by Crippen LogP contribution is -2.41. The standard InChI is InChI=1S/C20H27BF4N2O3/c1-12-10-14(22)15(11-13(12)21-29-17(2,3)18(4,5)30-21)27-16(28)26-9-8-19(6-7-19)20(23,24)25/h10-11H,6-9H2,1-5H3,(H2,26,27,28). The number of urea groups is 1. The molecule has 166 valence electrons. The quantitative estimate of drug-likeness (QED) is 0.542. The minimum atomic E-state index is -4.27. The van der Waals surface area contributed by atoms with Gasteiger partial charge in [0.25, 0.3) is 0 Å². The van der Waals surface area contributed by atoms with Crippen molar-refractivity contribution in [3.05, 3.63) is 23.5 Å². The third-order valence-corrected chi connectivity index (χ3v) is 6.46. The zero-order chi connectivity index (χ0) is 22.5. The van der Waals surface area contributed by atoms with E-state index in [-0.39, 0.29) is 31.5 Å². The molecule has 1 aliphatic carbocycles. The van der Waals surface area contributed by atoms with E-state index in [9.17, 15) is 22.4 Å². The first-order valence-corrected chi connectivity index (χ1v) is 9.95. The summed E-state index contributed by atoms with van der Waals surface area (Å²) < 4.78 is 65.2. The van der Waals surface area contributed by atoms with Crippen LogP contribution in [0.4, 0.5) is 28.0 Å². The van der Waals surface area contributed by atoms with Crippen molar-refractivity contribution in [2.45, 2.75) is 71.3 Å². The van der Waals surface area contributed by atoms with Gasteiger partial charge in [0.05, 0.1) is 22.3 Å². The second kappa shape index (κ2) is 7.41. The molecule has 3 rings (SSSR count). The minimum absolute atomic E-state index is 0.0732. The molecule has 0 radical (unpaired) electrons. The van der Waals surface area contributed by atoms with E-state index in [1.807, 2.05) is 27.7 Å². The molecule has 2 fully saturated rings. The van der Waals surface area contributed by atoms with Gasteiger partial charge >= 0.3 is 19.3 Å². The summed E-state index contributed by atoms with van der Waals surface area (Å²) in [4.78, 5) is 12.1. The first kappa shape index (κ1) is 22.9. The molecule has 1 saturated carbocycles. The summed E-state index contributed by atoms with van der Waals surface area (Å²) >= 11 is 0. The predicted molar refractivity (Wildman–Crippen MR) is 106 cm³/mol. The fourth-order valence-corrected chi connectivity index (χ4v) is 3.42. The highest BCUT2D eigenvalue weighted by atomic mass is 19.4. The minimum Gasteiger partial charge on any atom is -0.399 e. The van der Waals surface area contributed by atoms with E-state index in [0.29, 0.717) is 11.0 Å². The number of carbonyl (C=O) groups is 1.